The molecule has 4 aromatic rings. The molecule has 0 unspecified atom stereocenters. The van der Waals surface area contributed by atoms with Gasteiger partial charge in [0.15, 0.2) is 5.11 Å². The number of thiocarbonyl (C=S) groups is 1. The van der Waals surface area contributed by atoms with E-state index in [1.807, 2.05) is 71.8 Å². The van der Waals surface area contributed by atoms with Gasteiger partial charge in [-0.1, -0.05) is 24.3 Å². The maximum absolute atomic E-state index is 13.0. The van der Waals surface area contributed by atoms with Gasteiger partial charge in [-0.25, -0.2) is 0 Å². The Bertz CT molecular complexity index is 1340. The van der Waals surface area contributed by atoms with Gasteiger partial charge >= 0.3 is 0 Å². The Morgan fingerprint density at radius 1 is 1.06 bits per heavy atom. The molecule has 1 fully saturated rings. The zero-order valence-corrected chi connectivity index (χ0v) is 20.4. The highest BCUT2D eigenvalue weighted by atomic mass is 32.1. The van der Waals surface area contributed by atoms with Crippen LogP contribution in [0.15, 0.2) is 85.3 Å². The molecule has 2 atom stereocenters. The molecule has 1 saturated heterocycles. The minimum atomic E-state index is -0.212. The van der Waals surface area contributed by atoms with Crippen molar-refractivity contribution in [3.63, 3.8) is 0 Å². The third kappa shape index (κ3) is 4.52. The van der Waals surface area contributed by atoms with Crippen LogP contribution in [-0.2, 0) is 4.79 Å². The molecule has 1 aromatic carbocycles. The van der Waals surface area contributed by atoms with Crippen molar-refractivity contribution >= 4 is 28.9 Å². The van der Waals surface area contributed by atoms with E-state index in [2.05, 4.69) is 45.1 Å². The number of hydrogen-bond acceptors (Lipinski definition) is 4. The number of aryl methyl sites for hydroxylation is 1. The largest absolute Gasteiger partial charge is 0.352 e. The lowest BCUT2D eigenvalue weighted by Gasteiger charge is -2.27. The second kappa shape index (κ2) is 9.68. The summed E-state index contributed by atoms with van der Waals surface area (Å²) in [5.74, 6) is -0.131. The molecule has 3 aromatic heterocycles. The molecular weight excluding hydrogens is 456 g/mol. The number of nitrogens with one attached hydrogen (secondary N) is 2. The third-order valence-corrected chi connectivity index (χ3v) is 6.61. The lowest BCUT2D eigenvalue weighted by Crippen LogP contribution is -2.37. The summed E-state index contributed by atoms with van der Waals surface area (Å²) < 4.78 is 2.18. The first-order valence-corrected chi connectivity index (χ1v) is 11.9. The van der Waals surface area contributed by atoms with Gasteiger partial charge in [-0.2, -0.15) is 0 Å². The second-order valence-electron chi connectivity index (χ2n) is 8.54. The average Bonchev–Trinajstić information content (AvgIpc) is 3.35. The van der Waals surface area contributed by atoms with Crippen LogP contribution in [0.4, 0.5) is 5.69 Å². The molecular formula is C27H26N6OS. The smallest absolute Gasteiger partial charge is 0.244 e. The Morgan fingerprint density at radius 3 is 2.57 bits per heavy atom. The van der Waals surface area contributed by atoms with E-state index < -0.39 is 0 Å². The van der Waals surface area contributed by atoms with E-state index in [4.69, 9.17) is 12.2 Å². The number of para-hydroxylation sites is 1. The zero-order valence-electron chi connectivity index (χ0n) is 19.6. The maximum Gasteiger partial charge on any atom is 0.244 e. The molecule has 4 heterocycles. The summed E-state index contributed by atoms with van der Waals surface area (Å²) in [6.45, 7) is 4.28. The highest BCUT2D eigenvalue weighted by molar-refractivity contribution is 7.80. The summed E-state index contributed by atoms with van der Waals surface area (Å²) in [5, 5.41) is 6.93. The number of nitrogens with zero attached hydrogens (tertiary/aromatic N) is 4. The summed E-state index contributed by atoms with van der Waals surface area (Å²) in [4.78, 5) is 23.9. The summed E-state index contributed by atoms with van der Waals surface area (Å²) in [6, 6.07) is 21.0. The van der Waals surface area contributed by atoms with E-state index in [9.17, 15) is 4.79 Å². The second-order valence-corrected chi connectivity index (χ2v) is 8.93. The Morgan fingerprint density at radius 2 is 1.86 bits per heavy atom. The summed E-state index contributed by atoms with van der Waals surface area (Å²) >= 11 is 5.74. The Kier molecular flexibility index (Phi) is 6.29. The molecule has 1 amide bonds. The summed E-state index contributed by atoms with van der Waals surface area (Å²) in [7, 11) is 0. The van der Waals surface area contributed by atoms with Gasteiger partial charge < -0.3 is 20.1 Å². The standard InChI is InChI=1S/C27H26N6OS/c1-18-15-22(19(2)33(18)21-11-8-13-28-16-21)26-25(23-12-6-7-14-29-23)31-27(35)32(26)17-24(34)30-20-9-4-3-5-10-20/h3-16,25-26H,17H2,1-2H3,(H,30,34)(H,31,35)/t25-,26-/m0/s1. The number of pyridine rings is 2. The van der Waals surface area contributed by atoms with Gasteiger partial charge in [0.25, 0.3) is 0 Å². The van der Waals surface area contributed by atoms with E-state index in [-0.39, 0.29) is 24.5 Å². The van der Waals surface area contributed by atoms with Crippen LogP contribution in [0, 0.1) is 13.8 Å². The SMILES string of the molecule is Cc1cc([C@H]2[C@H](c3ccccn3)NC(=S)N2CC(=O)Nc2ccccc2)c(C)n1-c1cccnc1. The van der Waals surface area contributed by atoms with Crippen LogP contribution in [0.25, 0.3) is 5.69 Å². The van der Waals surface area contributed by atoms with Crippen molar-refractivity contribution in [3.05, 3.63) is 108 Å². The van der Waals surface area contributed by atoms with Crippen molar-refractivity contribution < 1.29 is 4.79 Å². The molecule has 0 bridgehead atoms. The van der Waals surface area contributed by atoms with Crippen LogP contribution < -0.4 is 10.6 Å². The van der Waals surface area contributed by atoms with Crippen molar-refractivity contribution in [1.29, 1.82) is 0 Å². The number of rotatable bonds is 6. The minimum Gasteiger partial charge on any atom is -0.352 e. The van der Waals surface area contributed by atoms with Crippen LogP contribution in [-0.4, -0.2) is 37.0 Å². The number of carbonyl (C=O) groups excluding carboxylic acids is 1. The maximum atomic E-state index is 13.0. The number of amides is 1. The number of hydrogen-bond donors (Lipinski definition) is 2. The first-order valence-electron chi connectivity index (χ1n) is 11.4. The van der Waals surface area contributed by atoms with Crippen LogP contribution in [0.2, 0.25) is 0 Å². The number of benzene rings is 1. The van der Waals surface area contributed by atoms with Crippen LogP contribution in [0.3, 0.4) is 0 Å². The first kappa shape index (κ1) is 22.7. The molecule has 2 N–H and O–H groups in total. The predicted octanol–water partition coefficient (Wildman–Crippen LogP) is 4.50. The Labute approximate surface area is 209 Å². The predicted molar refractivity (Wildman–Crippen MR) is 140 cm³/mol. The molecule has 1 aliphatic rings. The quantitative estimate of drug-likeness (QED) is 0.394. The molecule has 5 rings (SSSR count). The average molecular weight is 483 g/mol. The summed E-state index contributed by atoms with van der Waals surface area (Å²) in [5.41, 5.74) is 5.85. The third-order valence-electron chi connectivity index (χ3n) is 6.26. The molecule has 0 saturated carbocycles. The van der Waals surface area contributed by atoms with Gasteiger partial charge in [0.1, 0.15) is 6.54 Å². The molecule has 35 heavy (non-hydrogen) atoms. The van der Waals surface area contributed by atoms with Crippen molar-refractivity contribution in [2.24, 2.45) is 0 Å². The van der Waals surface area contributed by atoms with Gasteiger partial charge in [-0.15, -0.1) is 0 Å². The summed E-state index contributed by atoms with van der Waals surface area (Å²) in [6.07, 6.45) is 5.39. The van der Waals surface area contributed by atoms with E-state index >= 15 is 0 Å². The topological polar surface area (TPSA) is 75.1 Å². The lowest BCUT2D eigenvalue weighted by atomic mass is 9.96. The fraction of sp³-hybridized carbons (Fsp3) is 0.185. The van der Waals surface area contributed by atoms with Gasteiger partial charge in [-0.3, -0.25) is 14.8 Å². The fourth-order valence-corrected chi connectivity index (χ4v) is 5.07. The zero-order chi connectivity index (χ0) is 24.4. The van der Waals surface area contributed by atoms with E-state index in [1.165, 1.54) is 0 Å². The lowest BCUT2D eigenvalue weighted by molar-refractivity contribution is -0.116. The van der Waals surface area contributed by atoms with Gasteiger partial charge in [0.2, 0.25) is 5.91 Å². The van der Waals surface area contributed by atoms with Crippen LogP contribution in [0.1, 0.15) is 34.7 Å². The number of anilines is 1. The minimum absolute atomic E-state index is 0.116. The number of carbonyl (C=O) groups is 1. The first-order chi connectivity index (χ1) is 17.0. The molecule has 0 radical (unpaired) electrons. The fourth-order valence-electron chi connectivity index (χ4n) is 4.76. The van der Waals surface area contributed by atoms with E-state index in [1.54, 1.807) is 12.4 Å². The van der Waals surface area contributed by atoms with Crippen molar-refractivity contribution in [2.45, 2.75) is 25.9 Å². The monoisotopic (exact) mass is 482 g/mol. The van der Waals surface area contributed by atoms with Crippen molar-refractivity contribution in [1.82, 2.24) is 24.8 Å². The molecule has 0 spiro atoms. The highest BCUT2D eigenvalue weighted by Crippen LogP contribution is 2.41. The van der Waals surface area contributed by atoms with Crippen molar-refractivity contribution in [2.75, 3.05) is 11.9 Å². The molecule has 1 aliphatic heterocycles. The number of aromatic nitrogens is 3. The normalized spacial score (nSPS) is 17.3. The molecule has 8 heteroatoms. The van der Waals surface area contributed by atoms with Crippen LogP contribution in [0.5, 0.6) is 0 Å². The molecule has 7 nitrogen and oxygen atoms in total. The van der Waals surface area contributed by atoms with Gasteiger partial charge in [-0.05, 0) is 74.1 Å². The Hall–Kier alpha value is -4.04. The van der Waals surface area contributed by atoms with Gasteiger partial charge in [0.05, 0.1) is 29.7 Å². The Balaban J connectivity index is 1.53. The van der Waals surface area contributed by atoms with Crippen molar-refractivity contribution in [3.8, 4) is 5.69 Å². The van der Waals surface area contributed by atoms with E-state index in [0.717, 1.165) is 34.0 Å². The van der Waals surface area contributed by atoms with Crippen LogP contribution >= 0.6 is 12.2 Å². The molecule has 0 aliphatic carbocycles. The van der Waals surface area contributed by atoms with Gasteiger partial charge in [0, 0.05) is 29.5 Å². The van der Waals surface area contributed by atoms with E-state index in [0.29, 0.717) is 5.11 Å². The highest BCUT2D eigenvalue weighted by Gasteiger charge is 2.42. The molecule has 176 valence electrons.